The SMILES string of the molecule is CCC(C(=O)OCC(C)C)C(=O)c1ccccc1. The maximum absolute atomic E-state index is 12.2. The lowest BCUT2D eigenvalue weighted by Crippen LogP contribution is -2.26. The summed E-state index contributed by atoms with van der Waals surface area (Å²) >= 11 is 0. The molecule has 0 aromatic heterocycles. The van der Waals surface area contributed by atoms with Crippen molar-refractivity contribution in [3.8, 4) is 0 Å². The van der Waals surface area contributed by atoms with Crippen LogP contribution in [-0.2, 0) is 9.53 Å². The van der Waals surface area contributed by atoms with Gasteiger partial charge in [-0.1, -0.05) is 51.1 Å². The van der Waals surface area contributed by atoms with E-state index in [1.165, 1.54) is 0 Å². The van der Waals surface area contributed by atoms with Crippen molar-refractivity contribution in [2.24, 2.45) is 11.8 Å². The molecule has 0 amide bonds. The average Bonchev–Trinajstić information content (AvgIpc) is 2.38. The van der Waals surface area contributed by atoms with Crippen LogP contribution in [0.25, 0.3) is 0 Å². The lowest BCUT2D eigenvalue weighted by atomic mass is 9.95. The van der Waals surface area contributed by atoms with Gasteiger partial charge in [0.05, 0.1) is 6.61 Å². The van der Waals surface area contributed by atoms with Gasteiger partial charge in [-0.3, -0.25) is 9.59 Å². The van der Waals surface area contributed by atoms with Crippen LogP contribution in [0.4, 0.5) is 0 Å². The van der Waals surface area contributed by atoms with Gasteiger partial charge < -0.3 is 4.74 Å². The molecule has 0 aliphatic carbocycles. The number of benzene rings is 1. The Morgan fingerprint density at radius 1 is 1.17 bits per heavy atom. The maximum Gasteiger partial charge on any atom is 0.316 e. The highest BCUT2D eigenvalue weighted by molar-refractivity contribution is 6.08. The Balaban J connectivity index is 2.71. The molecule has 0 aliphatic heterocycles. The van der Waals surface area contributed by atoms with Crippen molar-refractivity contribution in [2.75, 3.05) is 6.61 Å². The molecule has 0 radical (unpaired) electrons. The van der Waals surface area contributed by atoms with Crippen molar-refractivity contribution in [3.63, 3.8) is 0 Å². The summed E-state index contributed by atoms with van der Waals surface area (Å²) in [5.41, 5.74) is 0.561. The second-order valence-electron chi connectivity index (χ2n) is 4.71. The van der Waals surface area contributed by atoms with E-state index >= 15 is 0 Å². The predicted octanol–water partition coefficient (Wildman–Crippen LogP) is 3.09. The van der Waals surface area contributed by atoms with Gasteiger partial charge in [0, 0.05) is 5.56 Å². The van der Waals surface area contributed by atoms with E-state index in [2.05, 4.69) is 0 Å². The lowest BCUT2D eigenvalue weighted by Gasteiger charge is -2.14. The molecule has 18 heavy (non-hydrogen) atoms. The van der Waals surface area contributed by atoms with E-state index in [1.807, 2.05) is 26.8 Å². The van der Waals surface area contributed by atoms with E-state index < -0.39 is 11.9 Å². The number of esters is 1. The summed E-state index contributed by atoms with van der Waals surface area (Å²) in [5, 5.41) is 0. The van der Waals surface area contributed by atoms with E-state index in [4.69, 9.17) is 4.74 Å². The fraction of sp³-hybridized carbons (Fsp3) is 0.467. The molecule has 0 aliphatic rings. The van der Waals surface area contributed by atoms with Crippen molar-refractivity contribution in [2.45, 2.75) is 27.2 Å². The molecule has 0 saturated carbocycles. The smallest absolute Gasteiger partial charge is 0.316 e. The highest BCUT2D eigenvalue weighted by atomic mass is 16.5. The van der Waals surface area contributed by atoms with Crippen molar-refractivity contribution < 1.29 is 14.3 Å². The van der Waals surface area contributed by atoms with Gasteiger partial charge in [-0.25, -0.2) is 0 Å². The zero-order valence-corrected chi connectivity index (χ0v) is 11.2. The minimum Gasteiger partial charge on any atom is -0.465 e. The zero-order valence-electron chi connectivity index (χ0n) is 11.2. The molecule has 0 heterocycles. The largest absolute Gasteiger partial charge is 0.465 e. The third-order valence-corrected chi connectivity index (χ3v) is 2.63. The van der Waals surface area contributed by atoms with Crippen LogP contribution in [-0.4, -0.2) is 18.4 Å². The van der Waals surface area contributed by atoms with Crippen molar-refractivity contribution >= 4 is 11.8 Å². The molecule has 0 N–H and O–H groups in total. The summed E-state index contributed by atoms with van der Waals surface area (Å²) in [7, 11) is 0. The topological polar surface area (TPSA) is 43.4 Å². The first-order chi connectivity index (χ1) is 8.56. The molecular weight excluding hydrogens is 228 g/mol. The summed E-state index contributed by atoms with van der Waals surface area (Å²) < 4.78 is 5.14. The molecule has 3 nitrogen and oxygen atoms in total. The minimum absolute atomic E-state index is 0.160. The van der Waals surface area contributed by atoms with Crippen LogP contribution in [0.2, 0.25) is 0 Å². The van der Waals surface area contributed by atoms with E-state index in [1.54, 1.807) is 24.3 Å². The summed E-state index contributed by atoms with van der Waals surface area (Å²) in [6, 6.07) is 8.87. The van der Waals surface area contributed by atoms with Crippen molar-refractivity contribution in [1.29, 1.82) is 0 Å². The molecule has 98 valence electrons. The number of carbonyl (C=O) groups is 2. The molecule has 0 spiro atoms. The van der Waals surface area contributed by atoms with E-state index in [0.717, 1.165) is 0 Å². The highest BCUT2D eigenvalue weighted by Gasteiger charge is 2.27. The summed E-state index contributed by atoms with van der Waals surface area (Å²) in [6.07, 6.45) is 0.463. The molecule has 1 rings (SSSR count). The van der Waals surface area contributed by atoms with Crippen LogP contribution in [0.3, 0.4) is 0 Å². The molecule has 0 fully saturated rings. The number of Topliss-reactive ketones (excluding diaryl/α,β-unsaturated/α-hetero) is 1. The van der Waals surface area contributed by atoms with E-state index in [0.29, 0.717) is 18.6 Å². The quantitative estimate of drug-likeness (QED) is 0.441. The van der Waals surface area contributed by atoms with Gasteiger partial charge in [-0.05, 0) is 12.3 Å². The molecule has 1 aromatic rings. The lowest BCUT2D eigenvalue weighted by molar-refractivity contribution is -0.147. The maximum atomic E-state index is 12.2. The first-order valence-corrected chi connectivity index (χ1v) is 6.32. The highest BCUT2D eigenvalue weighted by Crippen LogP contribution is 2.14. The Kier molecular flexibility index (Phi) is 5.56. The minimum atomic E-state index is -0.689. The Bertz CT molecular complexity index is 395. The standard InChI is InChI=1S/C15H20O3/c1-4-13(15(17)18-10-11(2)3)14(16)12-8-6-5-7-9-12/h5-9,11,13H,4,10H2,1-3H3. The number of rotatable bonds is 6. The third kappa shape index (κ3) is 3.99. The van der Waals surface area contributed by atoms with Crippen molar-refractivity contribution in [3.05, 3.63) is 35.9 Å². The second-order valence-corrected chi connectivity index (χ2v) is 4.71. The number of ether oxygens (including phenoxy) is 1. The van der Waals surface area contributed by atoms with Crippen molar-refractivity contribution in [1.82, 2.24) is 0 Å². The van der Waals surface area contributed by atoms with Gasteiger partial charge in [0.25, 0.3) is 0 Å². The van der Waals surface area contributed by atoms with Crippen LogP contribution in [0, 0.1) is 11.8 Å². The molecule has 1 aromatic carbocycles. The third-order valence-electron chi connectivity index (χ3n) is 2.63. The Labute approximate surface area is 108 Å². The van der Waals surface area contributed by atoms with Crippen LogP contribution in [0.1, 0.15) is 37.6 Å². The normalized spacial score (nSPS) is 12.2. The Morgan fingerprint density at radius 3 is 2.28 bits per heavy atom. The van der Waals surface area contributed by atoms with Gasteiger partial charge in [0.15, 0.2) is 5.78 Å². The second kappa shape index (κ2) is 6.94. The van der Waals surface area contributed by atoms with Crippen LogP contribution >= 0.6 is 0 Å². The number of hydrogen-bond donors (Lipinski definition) is 0. The number of carbonyl (C=O) groups excluding carboxylic acids is 2. The Morgan fingerprint density at radius 2 is 1.78 bits per heavy atom. The zero-order chi connectivity index (χ0) is 13.5. The summed E-state index contributed by atoms with van der Waals surface area (Å²) in [5.74, 6) is -0.989. The molecular formula is C15H20O3. The monoisotopic (exact) mass is 248 g/mol. The molecule has 1 unspecified atom stereocenters. The molecule has 0 saturated heterocycles. The predicted molar refractivity (Wildman–Crippen MR) is 70.4 cm³/mol. The summed E-state index contributed by atoms with van der Waals surface area (Å²) in [6.45, 7) is 6.11. The van der Waals surface area contributed by atoms with Gasteiger partial charge in [0.2, 0.25) is 0 Å². The Hall–Kier alpha value is -1.64. The van der Waals surface area contributed by atoms with Gasteiger partial charge in [0.1, 0.15) is 5.92 Å². The van der Waals surface area contributed by atoms with Gasteiger partial charge >= 0.3 is 5.97 Å². The molecule has 1 atom stereocenters. The average molecular weight is 248 g/mol. The molecule has 0 bridgehead atoms. The van der Waals surface area contributed by atoms with Crippen LogP contribution in [0.5, 0.6) is 0 Å². The van der Waals surface area contributed by atoms with Gasteiger partial charge in [-0.15, -0.1) is 0 Å². The van der Waals surface area contributed by atoms with E-state index in [9.17, 15) is 9.59 Å². The number of hydrogen-bond acceptors (Lipinski definition) is 3. The summed E-state index contributed by atoms with van der Waals surface area (Å²) in [4.78, 5) is 24.0. The van der Waals surface area contributed by atoms with Gasteiger partial charge in [-0.2, -0.15) is 0 Å². The fourth-order valence-corrected chi connectivity index (χ4v) is 1.61. The number of ketones is 1. The van der Waals surface area contributed by atoms with Crippen LogP contribution in [0.15, 0.2) is 30.3 Å². The van der Waals surface area contributed by atoms with E-state index in [-0.39, 0.29) is 11.7 Å². The fourth-order valence-electron chi connectivity index (χ4n) is 1.61. The first-order valence-electron chi connectivity index (χ1n) is 6.32. The van der Waals surface area contributed by atoms with Crippen LogP contribution < -0.4 is 0 Å². The first kappa shape index (κ1) is 14.4. The molecule has 3 heteroatoms.